The van der Waals surface area contributed by atoms with E-state index in [-0.39, 0.29) is 33.6 Å². The van der Waals surface area contributed by atoms with Crippen LogP contribution in [0.2, 0.25) is 0 Å². The number of nitrogens with one attached hydrogen (secondary N) is 1. The number of hydrogen-bond donors (Lipinski definition) is 1. The van der Waals surface area contributed by atoms with E-state index in [2.05, 4.69) is 5.32 Å². The molecule has 12 heteroatoms. The third-order valence-corrected chi connectivity index (χ3v) is 10.7. The number of anilines is 3. The maximum atomic E-state index is 13.9. The summed E-state index contributed by atoms with van der Waals surface area (Å²) in [6, 6.07) is 35.1. The van der Waals surface area contributed by atoms with Crippen molar-refractivity contribution in [2.45, 2.75) is 23.3 Å². The van der Waals surface area contributed by atoms with E-state index in [1.165, 1.54) is 91.1 Å². The standard InChI is InChI=1S/C35H31N3O7S2/c1-26(39)36-29-16-22-33(23-17-29)46(41,42)37(2)30-18-20-32(21-19-30)45-35(40)28-12-9-15-34(24-28)47(43,44)38(31-13-7-4-8-14-31)25-27-10-5-3-6-11-27/h3-24H,25H2,1-2H3,(H,36,39). The second-order valence-electron chi connectivity index (χ2n) is 10.4. The van der Waals surface area contributed by atoms with Crippen molar-refractivity contribution in [1.29, 1.82) is 0 Å². The summed E-state index contributed by atoms with van der Waals surface area (Å²) in [5, 5.41) is 2.59. The second-order valence-corrected chi connectivity index (χ2v) is 14.3. The summed E-state index contributed by atoms with van der Waals surface area (Å²) in [5.41, 5.74) is 2.05. The van der Waals surface area contributed by atoms with Gasteiger partial charge in [0.05, 0.1) is 33.3 Å². The van der Waals surface area contributed by atoms with E-state index in [0.29, 0.717) is 17.1 Å². The summed E-state index contributed by atoms with van der Waals surface area (Å²) in [5.74, 6) is -0.929. The van der Waals surface area contributed by atoms with Gasteiger partial charge in [0, 0.05) is 19.7 Å². The average molecular weight is 670 g/mol. The molecule has 0 saturated carbocycles. The Balaban J connectivity index is 1.32. The van der Waals surface area contributed by atoms with Crippen LogP contribution in [0.5, 0.6) is 5.75 Å². The zero-order valence-corrected chi connectivity index (χ0v) is 27.1. The van der Waals surface area contributed by atoms with Crippen molar-refractivity contribution in [2.75, 3.05) is 21.0 Å². The Hall–Kier alpha value is -5.46. The molecule has 0 bridgehead atoms. The van der Waals surface area contributed by atoms with E-state index >= 15 is 0 Å². The molecule has 0 aromatic heterocycles. The minimum Gasteiger partial charge on any atom is -0.423 e. The summed E-state index contributed by atoms with van der Waals surface area (Å²) in [7, 11) is -6.64. The van der Waals surface area contributed by atoms with Gasteiger partial charge in [0.2, 0.25) is 5.91 Å². The molecule has 240 valence electrons. The second kappa shape index (κ2) is 13.9. The van der Waals surface area contributed by atoms with Crippen LogP contribution in [0.1, 0.15) is 22.8 Å². The summed E-state index contributed by atoms with van der Waals surface area (Å²) in [6.45, 7) is 1.44. The van der Waals surface area contributed by atoms with E-state index in [9.17, 15) is 26.4 Å². The van der Waals surface area contributed by atoms with Crippen molar-refractivity contribution in [1.82, 2.24) is 0 Å². The molecule has 5 rings (SSSR count). The Morgan fingerprint density at radius 3 is 1.89 bits per heavy atom. The number of para-hydroxylation sites is 1. The fourth-order valence-electron chi connectivity index (χ4n) is 4.67. The van der Waals surface area contributed by atoms with Gasteiger partial charge in [-0.25, -0.2) is 21.6 Å². The fraction of sp³-hybridized carbons (Fsp3) is 0.0857. The van der Waals surface area contributed by atoms with Gasteiger partial charge in [0.1, 0.15) is 5.75 Å². The van der Waals surface area contributed by atoms with Crippen molar-refractivity contribution in [3.8, 4) is 5.75 Å². The lowest BCUT2D eigenvalue weighted by Gasteiger charge is -2.25. The third kappa shape index (κ3) is 7.68. The minimum absolute atomic E-state index is 0.0188. The lowest BCUT2D eigenvalue weighted by molar-refractivity contribution is -0.114. The summed E-state index contributed by atoms with van der Waals surface area (Å²) in [4.78, 5) is 24.3. The molecule has 0 aliphatic heterocycles. The van der Waals surface area contributed by atoms with Gasteiger partial charge in [-0.1, -0.05) is 54.6 Å². The normalized spacial score (nSPS) is 11.4. The molecule has 5 aromatic rings. The van der Waals surface area contributed by atoms with E-state index in [1.54, 1.807) is 30.3 Å². The highest BCUT2D eigenvalue weighted by molar-refractivity contribution is 7.93. The number of rotatable bonds is 11. The number of carbonyl (C=O) groups excluding carboxylic acids is 2. The molecular weight excluding hydrogens is 639 g/mol. The fourth-order valence-corrected chi connectivity index (χ4v) is 7.36. The highest BCUT2D eigenvalue weighted by Gasteiger charge is 2.27. The Kier molecular flexibility index (Phi) is 9.73. The van der Waals surface area contributed by atoms with Crippen LogP contribution in [0.25, 0.3) is 0 Å². The first-order valence-corrected chi connectivity index (χ1v) is 17.2. The van der Waals surface area contributed by atoms with Gasteiger partial charge < -0.3 is 10.1 Å². The van der Waals surface area contributed by atoms with Crippen LogP contribution in [-0.4, -0.2) is 35.8 Å². The molecule has 10 nitrogen and oxygen atoms in total. The Morgan fingerprint density at radius 1 is 0.660 bits per heavy atom. The number of carbonyl (C=O) groups is 2. The van der Waals surface area contributed by atoms with Crippen LogP contribution in [0.15, 0.2) is 143 Å². The van der Waals surface area contributed by atoms with Crippen LogP contribution in [0.4, 0.5) is 17.1 Å². The largest absolute Gasteiger partial charge is 0.423 e. The maximum absolute atomic E-state index is 13.9. The Bertz CT molecular complexity index is 2090. The van der Waals surface area contributed by atoms with Crippen molar-refractivity contribution in [2.24, 2.45) is 0 Å². The number of benzene rings is 5. The molecule has 0 atom stereocenters. The predicted molar refractivity (Wildman–Crippen MR) is 180 cm³/mol. The average Bonchev–Trinajstić information content (AvgIpc) is 3.08. The number of ether oxygens (including phenoxy) is 1. The van der Waals surface area contributed by atoms with Crippen molar-refractivity contribution in [3.05, 3.63) is 145 Å². The van der Waals surface area contributed by atoms with Gasteiger partial charge in [0.25, 0.3) is 20.0 Å². The van der Waals surface area contributed by atoms with Gasteiger partial charge in [-0.05, 0) is 84.4 Å². The number of amides is 1. The summed E-state index contributed by atoms with van der Waals surface area (Å²) < 4.78 is 62.0. The quantitative estimate of drug-likeness (QED) is 0.133. The van der Waals surface area contributed by atoms with Crippen LogP contribution in [-0.2, 0) is 31.4 Å². The van der Waals surface area contributed by atoms with Crippen molar-refractivity contribution >= 4 is 49.0 Å². The Morgan fingerprint density at radius 2 is 1.28 bits per heavy atom. The molecule has 0 heterocycles. The van der Waals surface area contributed by atoms with Gasteiger partial charge >= 0.3 is 5.97 Å². The molecule has 0 radical (unpaired) electrons. The highest BCUT2D eigenvalue weighted by Crippen LogP contribution is 2.28. The lowest BCUT2D eigenvalue weighted by Crippen LogP contribution is -2.30. The molecule has 47 heavy (non-hydrogen) atoms. The topological polar surface area (TPSA) is 130 Å². The van der Waals surface area contributed by atoms with E-state index in [1.807, 2.05) is 30.3 Å². The number of nitrogens with zero attached hydrogens (tertiary/aromatic N) is 2. The van der Waals surface area contributed by atoms with E-state index < -0.39 is 26.0 Å². The molecule has 0 unspecified atom stereocenters. The molecular formula is C35H31N3O7S2. The molecule has 0 spiro atoms. The van der Waals surface area contributed by atoms with Crippen molar-refractivity contribution in [3.63, 3.8) is 0 Å². The maximum Gasteiger partial charge on any atom is 0.343 e. The molecule has 0 aliphatic carbocycles. The van der Waals surface area contributed by atoms with Gasteiger partial charge in [-0.2, -0.15) is 0 Å². The van der Waals surface area contributed by atoms with E-state index in [0.717, 1.165) is 9.87 Å². The smallest absolute Gasteiger partial charge is 0.343 e. The van der Waals surface area contributed by atoms with Gasteiger partial charge in [0.15, 0.2) is 0 Å². The number of hydrogen-bond acceptors (Lipinski definition) is 7. The van der Waals surface area contributed by atoms with Crippen LogP contribution in [0.3, 0.4) is 0 Å². The van der Waals surface area contributed by atoms with Gasteiger partial charge in [-0.3, -0.25) is 13.4 Å². The first-order valence-electron chi connectivity index (χ1n) is 14.4. The number of esters is 1. The Labute approximate surface area is 274 Å². The summed E-state index contributed by atoms with van der Waals surface area (Å²) in [6.07, 6.45) is 0. The molecule has 0 fully saturated rings. The monoisotopic (exact) mass is 669 g/mol. The third-order valence-electron chi connectivity index (χ3n) is 7.11. The van der Waals surface area contributed by atoms with E-state index in [4.69, 9.17) is 4.74 Å². The SMILES string of the molecule is CC(=O)Nc1ccc(S(=O)(=O)N(C)c2ccc(OC(=O)c3cccc(S(=O)(=O)N(Cc4ccccc4)c4ccccc4)c3)cc2)cc1. The molecule has 5 aromatic carbocycles. The van der Waals surface area contributed by atoms with Crippen molar-refractivity contribution < 1.29 is 31.2 Å². The minimum atomic E-state index is -4.10. The molecule has 0 aliphatic rings. The first kappa shape index (κ1) is 32.9. The molecule has 1 amide bonds. The van der Waals surface area contributed by atoms with Crippen LogP contribution in [0, 0.1) is 0 Å². The van der Waals surface area contributed by atoms with Crippen LogP contribution < -0.4 is 18.7 Å². The van der Waals surface area contributed by atoms with Gasteiger partial charge in [-0.15, -0.1) is 0 Å². The lowest BCUT2D eigenvalue weighted by atomic mass is 10.2. The molecule has 0 saturated heterocycles. The zero-order valence-electron chi connectivity index (χ0n) is 25.5. The predicted octanol–water partition coefficient (Wildman–Crippen LogP) is 6.08. The molecule has 1 N–H and O–H groups in total. The first-order chi connectivity index (χ1) is 22.4. The zero-order chi connectivity index (χ0) is 33.6. The summed E-state index contributed by atoms with van der Waals surface area (Å²) >= 11 is 0. The van der Waals surface area contributed by atoms with Crippen LogP contribution >= 0.6 is 0 Å². The highest BCUT2D eigenvalue weighted by atomic mass is 32.2. The number of sulfonamides is 2.